The van der Waals surface area contributed by atoms with Crippen LogP contribution in [0, 0.1) is 0 Å². The molecule has 0 amide bonds. The summed E-state index contributed by atoms with van der Waals surface area (Å²) in [5.41, 5.74) is 3.30. The Bertz CT molecular complexity index is 1720. The molecule has 0 unspecified atom stereocenters. The van der Waals surface area contributed by atoms with E-state index in [-0.39, 0.29) is 5.28 Å². The third-order valence-electron chi connectivity index (χ3n) is 5.90. The second-order valence-corrected chi connectivity index (χ2v) is 9.20. The van der Waals surface area contributed by atoms with Gasteiger partial charge in [-0.05, 0) is 35.9 Å². The van der Waals surface area contributed by atoms with Crippen molar-refractivity contribution in [2.24, 2.45) is 0 Å². The Hall–Kier alpha value is -3.80. The predicted octanol–water partition coefficient (Wildman–Crippen LogP) is 8.13. The van der Waals surface area contributed by atoms with E-state index in [0.29, 0.717) is 11.6 Å². The number of thiophene rings is 1. The van der Waals surface area contributed by atoms with E-state index in [9.17, 15) is 0 Å². The van der Waals surface area contributed by atoms with Gasteiger partial charge in [-0.2, -0.15) is 9.97 Å². The van der Waals surface area contributed by atoms with Crippen LogP contribution in [-0.4, -0.2) is 15.0 Å². The van der Waals surface area contributed by atoms with E-state index < -0.39 is 0 Å². The Morgan fingerprint density at radius 2 is 1.27 bits per heavy atom. The lowest BCUT2D eigenvalue weighted by Gasteiger charge is -2.06. The van der Waals surface area contributed by atoms with Crippen molar-refractivity contribution in [3.05, 3.63) is 90.2 Å². The van der Waals surface area contributed by atoms with Gasteiger partial charge in [0.1, 0.15) is 11.2 Å². The van der Waals surface area contributed by atoms with Crippen molar-refractivity contribution in [3.63, 3.8) is 0 Å². The van der Waals surface area contributed by atoms with Crippen molar-refractivity contribution in [1.82, 2.24) is 15.0 Å². The maximum atomic E-state index is 6.42. The topological polar surface area (TPSA) is 51.8 Å². The normalized spacial score (nSPS) is 11.8. The molecule has 0 aliphatic rings. The summed E-state index contributed by atoms with van der Waals surface area (Å²) in [6, 6.07) is 28.6. The summed E-state index contributed by atoms with van der Waals surface area (Å²) in [6.07, 6.45) is 0. The van der Waals surface area contributed by atoms with Gasteiger partial charge in [-0.1, -0.05) is 60.7 Å². The fraction of sp³-hybridized carbons (Fsp3) is 0. The fourth-order valence-electron chi connectivity index (χ4n) is 4.44. The van der Waals surface area contributed by atoms with E-state index in [4.69, 9.17) is 21.0 Å². The third kappa shape index (κ3) is 2.86. The standard InChI is InChI=1S/C27H14ClN3OS/c28-27-30-25(19-11-5-9-17-15-7-1-3-13-21(15)32-23(17)19)29-26(31-27)20-12-6-10-18-16-8-2-4-14-22(16)33-24(18)20/h1-14H. The number of fused-ring (bicyclic) bond motifs is 6. The maximum Gasteiger partial charge on any atom is 0.226 e. The number of hydrogen-bond acceptors (Lipinski definition) is 5. The zero-order valence-electron chi connectivity index (χ0n) is 17.1. The van der Waals surface area contributed by atoms with E-state index in [2.05, 4.69) is 46.4 Å². The Kier molecular flexibility index (Phi) is 4.03. The van der Waals surface area contributed by atoms with Crippen molar-refractivity contribution in [2.75, 3.05) is 0 Å². The molecule has 3 aromatic heterocycles. The second-order valence-electron chi connectivity index (χ2n) is 7.81. The predicted molar refractivity (Wildman–Crippen MR) is 136 cm³/mol. The molecule has 0 spiro atoms. The average Bonchev–Trinajstić information content (AvgIpc) is 3.42. The third-order valence-corrected chi connectivity index (χ3v) is 7.29. The summed E-state index contributed by atoms with van der Waals surface area (Å²) in [5, 5.41) is 4.65. The quantitative estimate of drug-likeness (QED) is 0.259. The zero-order chi connectivity index (χ0) is 21.9. The first kappa shape index (κ1) is 18.7. The Morgan fingerprint density at radius 3 is 2.15 bits per heavy atom. The van der Waals surface area contributed by atoms with Crippen molar-refractivity contribution in [1.29, 1.82) is 0 Å². The van der Waals surface area contributed by atoms with Gasteiger partial charge < -0.3 is 4.42 Å². The summed E-state index contributed by atoms with van der Waals surface area (Å²) in [4.78, 5) is 13.8. The van der Waals surface area contributed by atoms with Crippen LogP contribution in [0.15, 0.2) is 89.3 Å². The smallest absolute Gasteiger partial charge is 0.226 e. The highest BCUT2D eigenvalue weighted by molar-refractivity contribution is 7.26. The first-order valence-electron chi connectivity index (χ1n) is 10.5. The maximum absolute atomic E-state index is 6.42. The molecule has 0 N–H and O–H groups in total. The summed E-state index contributed by atoms with van der Waals surface area (Å²) < 4.78 is 8.55. The van der Waals surface area contributed by atoms with Gasteiger partial charge in [0, 0.05) is 36.5 Å². The molecule has 0 fully saturated rings. The van der Waals surface area contributed by atoms with Crippen LogP contribution in [0.3, 0.4) is 0 Å². The lowest BCUT2D eigenvalue weighted by molar-refractivity contribution is 0.669. The SMILES string of the molecule is Clc1nc(-c2cccc3c2oc2ccccc23)nc(-c2cccc3c2sc2ccccc23)n1. The minimum Gasteiger partial charge on any atom is -0.455 e. The summed E-state index contributed by atoms with van der Waals surface area (Å²) in [7, 11) is 0. The average molecular weight is 464 g/mol. The van der Waals surface area contributed by atoms with Gasteiger partial charge in [0.2, 0.25) is 5.28 Å². The van der Waals surface area contributed by atoms with Gasteiger partial charge in [0.05, 0.1) is 5.56 Å². The summed E-state index contributed by atoms with van der Waals surface area (Å²) in [6.45, 7) is 0. The van der Waals surface area contributed by atoms with E-state index in [1.54, 1.807) is 11.3 Å². The van der Waals surface area contributed by atoms with E-state index >= 15 is 0 Å². The molecule has 0 atom stereocenters. The molecule has 4 nitrogen and oxygen atoms in total. The molecule has 33 heavy (non-hydrogen) atoms. The van der Waals surface area contributed by atoms with Crippen LogP contribution < -0.4 is 0 Å². The van der Waals surface area contributed by atoms with Gasteiger partial charge in [-0.25, -0.2) is 4.98 Å². The Balaban J connectivity index is 1.48. The number of nitrogens with zero attached hydrogens (tertiary/aromatic N) is 3. The largest absolute Gasteiger partial charge is 0.455 e. The van der Waals surface area contributed by atoms with E-state index in [1.165, 1.54) is 15.5 Å². The number of hydrogen-bond donors (Lipinski definition) is 0. The second kappa shape index (κ2) is 7.10. The minimum absolute atomic E-state index is 0.154. The number of para-hydroxylation sites is 2. The van der Waals surface area contributed by atoms with Crippen LogP contribution in [0.1, 0.15) is 0 Å². The minimum atomic E-state index is 0.154. The van der Waals surface area contributed by atoms with E-state index in [0.717, 1.165) is 37.8 Å². The highest BCUT2D eigenvalue weighted by atomic mass is 35.5. The van der Waals surface area contributed by atoms with Crippen LogP contribution in [0.2, 0.25) is 5.28 Å². The highest BCUT2D eigenvalue weighted by Crippen LogP contribution is 2.40. The molecule has 0 aliphatic heterocycles. The number of benzene rings is 4. The molecule has 4 aromatic carbocycles. The van der Waals surface area contributed by atoms with Crippen LogP contribution >= 0.6 is 22.9 Å². The number of furan rings is 1. The first-order valence-corrected chi connectivity index (χ1v) is 11.7. The molecule has 0 saturated carbocycles. The molecule has 7 aromatic rings. The lowest BCUT2D eigenvalue weighted by Crippen LogP contribution is -1.97. The number of rotatable bonds is 2. The molecule has 0 radical (unpaired) electrons. The Morgan fingerprint density at radius 1 is 0.606 bits per heavy atom. The molecule has 0 saturated heterocycles. The zero-order valence-corrected chi connectivity index (χ0v) is 18.7. The fourth-order valence-corrected chi connectivity index (χ4v) is 5.81. The van der Waals surface area contributed by atoms with Crippen molar-refractivity contribution in [3.8, 4) is 22.8 Å². The van der Waals surface area contributed by atoms with E-state index in [1.807, 2.05) is 48.5 Å². The molecule has 3 heterocycles. The molecule has 7 rings (SSSR count). The molecular weight excluding hydrogens is 450 g/mol. The molecule has 156 valence electrons. The molecule has 0 aliphatic carbocycles. The van der Waals surface area contributed by atoms with Crippen molar-refractivity contribution >= 4 is 65.0 Å². The van der Waals surface area contributed by atoms with Gasteiger partial charge in [0.25, 0.3) is 0 Å². The van der Waals surface area contributed by atoms with Gasteiger partial charge in [-0.15, -0.1) is 11.3 Å². The van der Waals surface area contributed by atoms with Crippen molar-refractivity contribution < 1.29 is 4.42 Å². The lowest BCUT2D eigenvalue weighted by atomic mass is 10.1. The molecular formula is C27H14ClN3OS. The number of aromatic nitrogens is 3. The van der Waals surface area contributed by atoms with Crippen molar-refractivity contribution in [2.45, 2.75) is 0 Å². The van der Waals surface area contributed by atoms with Crippen LogP contribution in [0.4, 0.5) is 0 Å². The molecule has 0 bridgehead atoms. The molecule has 6 heteroatoms. The Labute approximate surface area is 197 Å². The first-order chi connectivity index (χ1) is 16.3. The monoisotopic (exact) mass is 463 g/mol. The number of halogens is 1. The van der Waals surface area contributed by atoms with Gasteiger partial charge >= 0.3 is 0 Å². The van der Waals surface area contributed by atoms with Gasteiger partial charge in [0.15, 0.2) is 11.6 Å². The van der Waals surface area contributed by atoms with Crippen LogP contribution in [-0.2, 0) is 0 Å². The van der Waals surface area contributed by atoms with Crippen LogP contribution in [0.25, 0.3) is 64.9 Å². The van der Waals surface area contributed by atoms with Gasteiger partial charge in [-0.3, -0.25) is 0 Å². The van der Waals surface area contributed by atoms with Crippen LogP contribution in [0.5, 0.6) is 0 Å². The summed E-state index contributed by atoms with van der Waals surface area (Å²) >= 11 is 8.15. The summed E-state index contributed by atoms with van der Waals surface area (Å²) in [5.74, 6) is 1.04. The highest BCUT2D eigenvalue weighted by Gasteiger charge is 2.18.